The Kier molecular flexibility index (Phi) is 10.4. The van der Waals surface area contributed by atoms with Crippen LogP contribution in [0, 0.1) is 11.8 Å². The number of hydrogen-bond acceptors (Lipinski definition) is 4. The Hall–Kier alpha value is -2.71. The van der Waals surface area contributed by atoms with E-state index >= 15 is 0 Å². The van der Waals surface area contributed by atoms with E-state index in [-0.39, 0.29) is 17.1 Å². The summed E-state index contributed by atoms with van der Waals surface area (Å²) in [5.41, 5.74) is 3.74. The molecule has 4 rings (SSSR count). The molecule has 1 atom stereocenters. The van der Waals surface area contributed by atoms with E-state index < -0.39 is 23.4 Å². The van der Waals surface area contributed by atoms with Crippen LogP contribution in [0.25, 0.3) is 10.9 Å². The lowest BCUT2D eigenvalue weighted by Crippen LogP contribution is -2.25. The third-order valence-electron chi connectivity index (χ3n) is 6.87. The van der Waals surface area contributed by atoms with Crippen molar-refractivity contribution in [2.75, 3.05) is 41.8 Å². The normalized spacial score (nSPS) is 18.2. The highest BCUT2D eigenvalue weighted by atomic mass is 32.2. The fraction of sp³-hybridized carbons (Fsp3) is 0.400. The maximum Gasteiger partial charge on any atom is 0.406 e. The number of halogens is 3. The van der Waals surface area contributed by atoms with Gasteiger partial charge in [0, 0.05) is 34.2 Å². The second-order valence-corrected chi connectivity index (χ2v) is 13.3. The zero-order valence-electron chi connectivity index (χ0n) is 22.7. The summed E-state index contributed by atoms with van der Waals surface area (Å²) in [4.78, 5) is 1.04. The van der Waals surface area contributed by atoms with Gasteiger partial charge in [-0.15, -0.1) is 0 Å². The van der Waals surface area contributed by atoms with Crippen LogP contribution in [0.4, 0.5) is 24.5 Å². The fourth-order valence-electron chi connectivity index (χ4n) is 4.81. The fourth-order valence-corrected chi connectivity index (χ4v) is 7.27. The molecule has 1 fully saturated rings. The van der Waals surface area contributed by atoms with Crippen molar-refractivity contribution in [3.8, 4) is 11.8 Å². The van der Waals surface area contributed by atoms with Crippen molar-refractivity contribution >= 4 is 55.2 Å². The minimum absolute atomic E-state index is 0.0513. The lowest BCUT2D eigenvalue weighted by Gasteiger charge is -2.26. The molecular weight excluding hydrogens is 553 g/mol. The van der Waals surface area contributed by atoms with E-state index in [2.05, 4.69) is 51.9 Å². The van der Waals surface area contributed by atoms with Gasteiger partial charge in [-0.2, -0.15) is 23.7 Å². The van der Waals surface area contributed by atoms with Crippen LogP contribution in [0.5, 0.6) is 0 Å². The number of rotatable bonds is 10. The summed E-state index contributed by atoms with van der Waals surface area (Å²) in [6.07, 6.45) is -1.54. The number of aromatic nitrogens is 1. The molecule has 3 aromatic rings. The molecule has 0 spiro atoms. The van der Waals surface area contributed by atoms with Crippen LogP contribution in [-0.4, -0.2) is 64.8 Å². The first-order chi connectivity index (χ1) is 19.2. The highest BCUT2D eigenvalue weighted by molar-refractivity contribution is 8.14. The van der Waals surface area contributed by atoms with Crippen molar-refractivity contribution < 1.29 is 18.3 Å². The summed E-state index contributed by atoms with van der Waals surface area (Å²) in [6.45, 7) is 1.79. The first kappa shape index (κ1) is 30.3. The average molecular weight is 591 g/mol. The number of fused-ring (bicyclic) bond motifs is 1. The van der Waals surface area contributed by atoms with Crippen LogP contribution in [0.1, 0.15) is 31.0 Å². The van der Waals surface area contributed by atoms with Gasteiger partial charge in [0.1, 0.15) is 6.54 Å². The molecule has 2 heterocycles. The lowest BCUT2D eigenvalue weighted by molar-refractivity contribution is -0.140. The minimum atomic E-state index is -4.37. The molecule has 40 heavy (non-hydrogen) atoms. The SMILES string of the molecule is C=S1CCC(Nc2cccc3c2cc(C#CCNc2ccc(S(=C)NCCO)cc2CC)n3CC(F)(F)F)CC1. The topological polar surface area (TPSA) is 61.2 Å². The summed E-state index contributed by atoms with van der Waals surface area (Å²) < 4.78 is 45.1. The van der Waals surface area contributed by atoms with Gasteiger partial charge in [0.05, 0.1) is 24.4 Å². The monoisotopic (exact) mass is 590 g/mol. The number of benzene rings is 2. The standard InChI is InChI=1S/C30H37F3N4OS2/c1-4-22-19-25(40(3)35-15-16-38)10-11-27(22)34-14-6-7-24-20-26-28(36-23-12-17-39(2)18-13-23)8-5-9-29(26)37(24)21-30(31,32)33/h5,8-11,19-20,23,34-36,38H,2-4,12-18,21H2,1H3. The molecule has 4 N–H and O–H groups in total. The molecule has 1 saturated heterocycles. The summed E-state index contributed by atoms with van der Waals surface area (Å²) >= 11 is 0. The molecule has 1 unspecified atom stereocenters. The van der Waals surface area contributed by atoms with Crippen molar-refractivity contribution in [2.45, 2.75) is 49.8 Å². The van der Waals surface area contributed by atoms with Crippen LogP contribution in [0.2, 0.25) is 0 Å². The predicted molar refractivity (Wildman–Crippen MR) is 168 cm³/mol. The number of alkyl halides is 3. The molecule has 1 aromatic heterocycles. The number of aliphatic hydroxyl groups excluding tert-OH is 1. The van der Waals surface area contributed by atoms with Crippen LogP contribution in [0.15, 0.2) is 47.4 Å². The van der Waals surface area contributed by atoms with Gasteiger partial charge >= 0.3 is 6.18 Å². The summed E-state index contributed by atoms with van der Waals surface area (Å²) in [6, 6.07) is 13.6. The van der Waals surface area contributed by atoms with Gasteiger partial charge in [0.15, 0.2) is 0 Å². The molecular formula is C30H37F3N4OS2. The van der Waals surface area contributed by atoms with Crippen LogP contribution >= 0.6 is 21.2 Å². The van der Waals surface area contributed by atoms with Crippen molar-refractivity contribution in [1.82, 2.24) is 9.29 Å². The molecule has 0 bridgehead atoms. The van der Waals surface area contributed by atoms with Gasteiger partial charge in [-0.25, -0.2) is 0 Å². The first-order valence-corrected chi connectivity index (χ1v) is 16.5. The van der Waals surface area contributed by atoms with Crippen molar-refractivity contribution in [3.05, 3.63) is 53.7 Å². The second-order valence-electron chi connectivity index (χ2n) is 9.75. The predicted octanol–water partition coefficient (Wildman–Crippen LogP) is 6.06. The van der Waals surface area contributed by atoms with Crippen molar-refractivity contribution in [2.24, 2.45) is 0 Å². The molecule has 5 nitrogen and oxygen atoms in total. The first-order valence-electron chi connectivity index (χ1n) is 13.3. The molecule has 0 aliphatic carbocycles. The van der Waals surface area contributed by atoms with E-state index in [9.17, 15) is 13.2 Å². The smallest absolute Gasteiger partial charge is 0.395 e. The molecule has 10 heteroatoms. The Morgan fingerprint density at radius 1 is 1.15 bits per heavy atom. The lowest BCUT2D eigenvalue weighted by atomic mass is 10.1. The molecule has 216 valence electrons. The summed E-state index contributed by atoms with van der Waals surface area (Å²) in [5.74, 6) is 16.5. The number of aliphatic hydroxyl groups is 1. The maximum absolute atomic E-state index is 13.6. The molecule has 0 amide bonds. The second kappa shape index (κ2) is 13.8. The Labute approximate surface area is 239 Å². The van der Waals surface area contributed by atoms with Crippen molar-refractivity contribution in [3.63, 3.8) is 0 Å². The number of anilines is 2. The van der Waals surface area contributed by atoms with Gasteiger partial charge < -0.3 is 20.3 Å². The minimum Gasteiger partial charge on any atom is -0.395 e. The number of hydrogen-bond donors (Lipinski definition) is 4. The molecule has 0 radical (unpaired) electrons. The van der Waals surface area contributed by atoms with Gasteiger partial charge in [-0.3, -0.25) is 4.72 Å². The Balaban J connectivity index is 1.55. The number of nitrogens with one attached hydrogen (secondary N) is 3. The molecule has 1 aliphatic heterocycles. The van der Waals surface area contributed by atoms with E-state index in [1.54, 1.807) is 18.2 Å². The Bertz CT molecular complexity index is 1430. The largest absolute Gasteiger partial charge is 0.406 e. The van der Waals surface area contributed by atoms with E-state index in [1.165, 1.54) is 4.57 Å². The molecule has 0 saturated carbocycles. The third-order valence-corrected chi connectivity index (χ3v) is 9.87. The summed E-state index contributed by atoms with van der Waals surface area (Å²) in [7, 11) is -0.219. The highest BCUT2D eigenvalue weighted by Gasteiger charge is 2.30. The summed E-state index contributed by atoms with van der Waals surface area (Å²) in [5, 5.41) is 16.7. The van der Waals surface area contributed by atoms with Gasteiger partial charge in [-0.1, -0.05) is 41.3 Å². The number of nitrogens with zero attached hydrogens (tertiary/aromatic N) is 1. The average Bonchev–Trinajstić information content (AvgIpc) is 3.27. The molecule has 2 aromatic carbocycles. The number of aryl methyl sites for hydroxylation is 1. The van der Waals surface area contributed by atoms with Crippen LogP contribution < -0.4 is 15.4 Å². The van der Waals surface area contributed by atoms with Crippen LogP contribution in [-0.2, 0) is 13.0 Å². The van der Waals surface area contributed by atoms with E-state index in [0.29, 0.717) is 30.3 Å². The Morgan fingerprint density at radius 2 is 1.93 bits per heavy atom. The quantitative estimate of drug-likeness (QED) is 0.171. The maximum atomic E-state index is 13.6. The Morgan fingerprint density at radius 3 is 2.62 bits per heavy atom. The highest BCUT2D eigenvalue weighted by Crippen LogP contribution is 2.32. The van der Waals surface area contributed by atoms with E-state index in [1.807, 2.05) is 18.2 Å². The van der Waals surface area contributed by atoms with E-state index in [0.717, 1.165) is 58.0 Å². The van der Waals surface area contributed by atoms with Gasteiger partial charge in [-0.05, 0) is 78.7 Å². The van der Waals surface area contributed by atoms with Crippen molar-refractivity contribution in [1.29, 1.82) is 0 Å². The van der Waals surface area contributed by atoms with Crippen LogP contribution in [0.3, 0.4) is 0 Å². The molecule has 1 aliphatic rings. The zero-order valence-corrected chi connectivity index (χ0v) is 24.4. The third kappa shape index (κ3) is 7.94. The zero-order chi connectivity index (χ0) is 28.7. The van der Waals surface area contributed by atoms with E-state index in [4.69, 9.17) is 5.11 Å². The van der Waals surface area contributed by atoms with Gasteiger partial charge in [0.25, 0.3) is 0 Å². The van der Waals surface area contributed by atoms with Gasteiger partial charge in [0.2, 0.25) is 0 Å².